The van der Waals surface area contributed by atoms with E-state index in [9.17, 15) is 9.18 Å². The summed E-state index contributed by atoms with van der Waals surface area (Å²) in [5.41, 5.74) is 1.07. The van der Waals surface area contributed by atoms with Crippen LogP contribution in [0.25, 0.3) is 0 Å². The van der Waals surface area contributed by atoms with E-state index in [1.807, 2.05) is 12.3 Å². The Hall–Kier alpha value is -2.37. The first kappa shape index (κ1) is 14.6. The fraction of sp³-hybridized carbons (Fsp3) is 0.375. The minimum atomic E-state index is -0.233. The van der Waals surface area contributed by atoms with Crippen LogP contribution in [-0.4, -0.2) is 40.3 Å². The first-order valence-electron chi connectivity index (χ1n) is 7.38. The Labute approximate surface area is 128 Å². The van der Waals surface area contributed by atoms with Gasteiger partial charge in [-0.2, -0.15) is 5.10 Å². The Morgan fingerprint density at radius 3 is 2.91 bits per heavy atom. The number of nitrogens with one attached hydrogen (secondary N) is 1. The summed E-state index contributed by atoms with van der Waals surface area (Å²) in [6.07, 6.45) is 4.50. The second-order valence-electron chi connectivity index (χ2n) is 5.64. The summed E-state index contributed by atoms with van der Waals surface area (Å²) in [5.74, 6) is 0.0624. The average molecular weight is 302 g/mol. The smallest absolute Gasteiger partial charge is 0.317 e. The third-order valence-corrected chi connectivity index (χ3v) is 3.97. The lowest BCUT2D eigenvalue weighted by molar-refractivity contribution is 0.206. The molecule has 1 heterocycles. The van der Waals surface area contributed by atoms with Crippen molar-refractivity contribution in [2.45, 2.75) is 24.9 Å². The monoisotopic (exact) mass is 302 g/mol. The molecule has 0 spiro atoms. The van der Waals surface area contributed by atoms with Gasteiger partial charge in [0.05, 0.1) is 6.54 Å². The van der Waals surface area contributed by atoms with Gasteiger partial charge >= 0.3 is 6.03 Å². The molecule has 0 aliphatic heterocycles. The molecule has 1 aromatic carbocycles. The quantitative estimate of drug-likeness (QED) is 0.920. The van der Waals surface area contributed by atoms with E-state index < -0.39 is 0 Å². The summed E-state index contributed by atoms with van der Waals surface area (Å²) < 4.78 is 14.7. The van der Waals surface area contributed by atoms with E-state index in [-0.39, 0.29) is 17.9 Å². The highest BCUT2D eigenvalue weighted by molar-refractivity contribution is 5.74. The van der Waals surface area contributed by atoms with Crippen LogP contribution in [0, 0.1) is 5.82 Å². The standard InChI is InChI=1S/C16H19FN4O/c1-20(9-10-21-8-2-7-18-21)16(22)19-15-11-14(15)12-3-5-13(17)6-4-12/h2-8,14-15H,9-11H2,1H3,(H,19,22)/t14-,15+/m0/s1. The van der Waals surface area contributed by atoms with Gasteiger partial charge in [0.2, 0.25) is 0 Å². The molecule has 0 saturated heterocycles. The van der Waals surface area contributed by atoms with Gasteiger partial charge in [0, 0.05) is 37.9 Å². The summed E-state index contributed by atoms with van der Waals surface area (Å²) in [4.78, 5) is 13.8. The zero-order chi connectivity index (χ0) is 15.5. The number of urea groups is 1. The molecule has 0 radical (unpaired) electrons. The first-order chi connectivity index (χ1) is 10.6. The number of halogens is 1. The fourth-order valence-corrected chi connectivity index (χ4v) is 2.49. The van der Waals surface area contributed by atoms with Gasteiger partial charge < -0.3 is 10.2 Å². The maximum Gasteiger partial charge on any atom is 0.317 e. The van der Waals surface area contributed by atoms with Crippen LogP contribution in [-0.2, 0) is 6.54 Å². The van der Waals surface area contributed by atoms with Gasteiger partial charge in [0.25, 0.3) is 0 Å². The number of nitrogens with zero attached hydrogens (tertiary/aromatic N) is 3. The maximum absolute atomic E-state index is 12.9. The molecule has 1 aliphatic carbocycles. The van der Waals surface area contributed by atoms with Crippen LogP contribution >= 0.6 is 0 Å². The Morgan fingerprint density at radius 1 is 1.45 bits per heavy atom. The third-order valence-electron chi connectivity index (χ3n) is 3.97. The molecule has 0 unspecified atom stereocenters. The average Bonchev–Trinajstić information content (AvgIpc) is 3.07. The third kappa shape index (κ3) is 3.44. The molecule has 1 aliphatic rings. The molecule has 1 aromatic heterocycles. The van der Waals surface area contributed by atoms with Gasteiger partial charge in [0.1, 0.15) is 5.82 Å². The molecule has 22 heavy (non-hydrogen) atoms. The molecule has 1 N–H and O–H groups in total. The minimum absolute atomic E-state index is 0.0817. The number of hydrogen-bond acceptors (Lipinski definition) is 2. The molecule has 6 heteroatoms. The van der Waals surface area contributed by atoms with Crippen LogP contribution in [0.2, 0.25) is 0 Å². The van der Waals surface area contributed by atoms with Gasteiger partial charge in [-0.1, -0.05) is 12.1 Å². The molecular weight excluding hydrogens is 283 g/mol. The Balaban J connectivity index is 1.45. The van der Waals surface area contributed by atoms with Crippen molar-refractivity contribution in [3.05, 3.63) is 54.1 Å². The fourth-order valence-electron chi connectivity index (χ4n) is 2.49. The lowest BCUT2D eigenvalue weighted by Crippen LogP contribution is -2.40. The first-order valence-corrected chi connectivity index (χ1v) is 7.38. The highest BCUT2D eigenvalue weighted by atomic mass is 19.1. The van der Waals surface area contributed by atoms with Crippen molar-refractivity contribution in [2.24, 2.45) is 0 Å². The summed E-state index contributed by atoms with van der Waals surface area (Å²) >= 11 is 0. The van der Waals surface area contributed by atoms with Gasteiger partial charge in [0.15, 0.2) is 0 Å². The number of hydrogen-bond donors (Lipinski definition) is 1. The topological polar surface area (TPSA) is 50.2 Å². The number of carbonyl (C=O) groups excluding carboxylic acids is 1. The van der Waals surface area contributed by atoms with Crippen LogP contribution in [0.3, 0.4) is 0 Å². The van der Waals surface area contributed by atoms with Gasteiger partial charge in [-0.05, 0) is 30.2 Å². The van der Waals surface area contributed by atoms with Gasteiger partial charge in [-0.3, -0.25) is 4.68 Å². The maximum atomic E-state index is 12.9. The molecule has 1 saturated carbocycles. The predicted octanol–water partition coefficient (Wildman–Crippen LogP) is 2.22. The van der Waals surface area contributed by atoms with E-state index in [4.69, 9.17) is 0 Å². The second-order valence-corrected chi connectivity index (χ2v) is 5.64. The summed E-state index contributed by atoms with van der Waals surface area (Å²) in [6, 6.07) is 8.41. The van der Waals surface area contributed by atoms with Crippen LogP contribution in [0.5, 0.6) is 0 Å². The molecule has 2 amide bonds. The van der Waals surface area contributed by atoms with E-state index in [2.05, 4.69) is 10.4 Å². The van der Waals surface area contributed by atoms with E-state index in [0.717, 1.165) is 12.0 Å². The van der Waals surface area contributed by atoms with Gasteiger partial charge in [-0.25, -0.2) is 9.18 Å². The largest absolute Gasteiger partial charge is 0.335 e. The number of benzene rings is 1. The van der Waals surface area contributed by atoms with E-state index >= 15 is 0 Å². The Morgan fingerprint density at radius 2 is 2.23 bits per heavy atom. The predicted molar refractivity (Wildman–Crippen MR) is 80.9 cm³/mol. The number of rotatable bonds is 5. The van der Waals surface area contributed by atoms with E-state index in [1.165, 1.54) is 12.1 Å². The molecule has 2 atom stereocenters. The highest BCUT2D eigenvalue weighted by Gasteiger charge is 2.39. The molecule has 5 nitrogen and oxygen atoms in total. The van der Waals surface area contributed by atoms with Crippen molar-refractivity contribution in [2.75, 3.05) is 13.6 Å². The highest BCUT2D eigenvalue weighted by Crippen LogP contribution is 2.40. The molecule has 2 aromatic rings. The van der Waals surface area contributed by atoms with Crippen molar-refractivity contribution >= 4 is 6.03 Å². The van der Waals surface area contributed by atoms with E-state index in [1.54, 1.807) is 35.0 Å². The molecule has 116 valence electrons. The Bertz CT molecular complexity index is 626. The van der Waals surface area contributed by atoms with E-state index in [0.29, 0.717) is 19.0 Å². The normalized spacial score (nSPS) is 19.7. The number of carbonyl (C=O) groups is 1. The molecule has 0 bridgehead atoms. The molecule has 3 rings (SSSR count). The SMILES string of the molecule is CN(CCn1cccn1)C(=O)N[C@@H]1C[C@H]1c1ccc(F)cc1. The van der Waals surface area contributed by atoms with Gasteiger partial charge in [-0.15, -0.1) is 0 Å². The van der Waals surface area contributed by atoms with Crippen molar-refractivity contribution in [1.82, 2.24) is 20.0 Å². The number of amides is 2. The number of likely N-dealkylation sites (N-methyl/N-ethyl adjacent to an activating group) is 1. The zero-order valence-electron chi connectivity index (χ0n) is 12.4. The second kappa shape index (κ2) is 6.17. The van der Waals surface area contributed by atoms with Crippen LogP contribution in [0.1, 0.15) is 17.9 Å². The molecule has 1 fully saturated rings. The summed E-state index contributed by atoms with van der Waals surface area (Å²) in [5, 5.41) is 7.12. The summed E-state index contributed by atoms with van der Waals surface area (Å²) in [6.45, 7) is 1.27. The lowest BCUT2D eigenvalue weighted by atomic mass is 10.1. The van der Waals surface area contributed by atoms with Crippen molar-refractivity contribution in [1.29, 1.82) is 0 Å². The molecular formula is C16H19FN4O. The lowest BCUT2D eigenvalue weighted by Gasteiger charge is -2.18. The van der Waals surface area contributed by atoms with Crippen LogP contribution in [0.15, 0.2) is 42.7 Å². The zero-order valence-corrected chi connectivity index (χ0v) is 12.4. The minimum Gasteiger partial charge on any atom is -0.335 e. The van der Waals surface area contributed by atoms with Crippen molar-refractivity contribution in [3.63, 3.8) is 0 Å². The number of aromatic nitrogens is 2. The van der Waals surface area contributed by atoms with Crippen LogP contribution in [0.4, 0.5) is 9.18 Å². The summed E-state index contributed by atoms with van der Waals surface area (Å²) in [7, 11) is 1.77. The van der Waals surface area contributed by atoms with Crippen molar-refractivity contribution < 1.29 is 9.18 Å². The van der Waals surface area contributed by atoms with Crippen molar-refractivity contribution in [3.8, 4) is 0 Å². The Kier molecular flexibility index (Phi) is 4.09. The van der Waals surface area contributed by atoms with Crippen LogP contribution < -0.4 is 5.32 Å².